The summed E-state index contributed by atoms with van der Waals surface area (Å²) in [6, 6.07) is 24.7. The molecule has 0 saturated heterocycles. The zero-order valence-corrected chi connectivity index (χ0v) is 18.8. The summed E-state index contributed by atoms with van der Waals surface area (Å²) in [7, 11) is 0. The van der Waals surface area contributed by atoms with Gasteiger partial charge in [-0.1, -0.05) is 72.4 Å². The van der Waals surface area contributed by atoms with Gasteiger partial charge >= 0.3 is 0 Å². The minimum Gasteiger partial charge on any atom is -0.311 e. The Balaban J connectivity index is 1.37. The van der Waals surface area contributed by atoms with Crippen molar-refractivity contribution in [2.24, 2.45) is 0 Å². The van der Waals surface area contributed by atoms with Crippen molar-refractivity contribution in [3.8, 4) is 11.4 Å². The van der Waals surface area contributed by atoms with Gasteiger partial charge in [-0.2, -0.15) is 0 Å². The van der Waals surface area contributed by atoms with Crippen LogP contribution in [0.4, 0.5) is 10.1 Å². The Bertz CT molecular complexity index is 1270. The lowest BCUT2D eigenvalue weighted by atomic mass is 10.1. The zero-order valence-electron chi connectivity index (χ0n) is 18.0. The van der Waals surface area contributed by atoms with Crippen LogP contribution >= 0.6 is 11.8 Å². The molecular weight excluding hydrogens is 435 g/mol. The van der Waals surface area contributed by atoms with Crippen LogP contribution in [0.25, 0.3) is 11.4 Å². The number of aryl methyl sites for hydroxylation is 1. The molecule has 2 heterocycles. The Kier molecular flexibility index (Phi) is 6.21. The fraction of sp³-hybridized carbons (Fsp3) is 0.192. The fourth-order valence-corrected chi connectivity index (χ4v) is 4.97. The average Bonchev–Trinajstić information content (AvgIpc) is 3.46. The molecule has 33 heavy (non-hydrogen) atoms. The summed E-state index contributed by atoms with van der Waals surface area (Å²) >= 11 is 1.35. The van der Waals surface area contributed by atoms with Crippen molar-refractivity contribution in [1.82, 2.24) is 14.8 Å². The average molecular weight is 459 g/mol. The molecule has 4 aromatic rings. The molecule has 5 nitrogen and oxygen atoms in total. The van der Waals surface area contributed by atoms with Gasteiger partial charge in [0.25, 0.3) is 0 Å². The molecule has 3 aromatic carbocycles. The maximum Gasteiger partial charge on any atom is 0.237 e. The van der Waals surface area contributed by atoms with E-state index in [4.69, 9.17) is 0 Å². The standard InChI is InChI=1S/C26H23FN4OS/c27-22-12-6-5-11-21(22)25-28-29-26(31(25)16-14-19-8-2-1-3-9-19)33-18-24(32)30-17-15-20-10-4-7-13-23(20)30/h1-13H,14-18H2. The predicted octanol–water partition coefficient (Wildman–Crippen LogP) is 5.01. The van der Waals surface area contributed by atoms with Gasteiger partial charge in [-0.05, 0) is 42.2 Å². The summed E-state index contributed by atoms with van der Waals surface area (Å²) in [4.78, 5) is 14.8. The highest BCUT2D eigenvalue weighted by Crippen LogP contribution is 2.30. The number of carbonyl (C=O) groups excluding carboxylic acids is 1. The van der Waals surface area contributed by atoms with Gasteiger partial charge < -0.3 is 9.47 Å². The molecule has 166 valence electrons. The minimum atomic E-state index is -0.341. The van der Waals surface area contributed by atoms with E-state index in [0.29, 0.717) is 29.6 Å². The number of nitrogens with zero attached hydrogens (tertiary/aromatic N) is 4. The lowest BCUT2D eigenvalue weighted by Crippen LogP contribution is -2.30. The largest absolute Gasteiger partial charge is 0.311 e. The predicted molar refractivity (Wildman–Crippen MR) is 129 cm³/mol. The van der Waals surface area contributed by atoms with Crippen LogP contribution in [0.5, 0.6) is 0 Å². The van der Waals surface area contributed by atoms with Gasteiger partial charge in [0.05, 0.1) is 11.3 Å². The molecule has 1 amide bonds. The molecule has 0 N–H and O–H groups in total. The number of para-hydroxylation sites is 1. The molecule has 0 fully saturated rings. The number of benzene rings is 3. The maximum absolute atomic E-state index is 14.5. The first kappa shape index (κ1) is 21.4. The second kappa shape index (κ2) is 9.58. The number of hydrogen-bond acceptors (Lipinski definition) is 4. The molecule has 0 bridgehead atoms. The van der Waals surface area contributed by atoms with Gasteiger partial charge in [0, 0.05) is 18.8 Å². The van der Waals surface area contributed by atoms with E-state index in [-0.39, 0.29) is 17.5 Å². The Labute approximate surface area is 196 Å². The highest BCUT2D eigenvalue weighted by Gasteiger charge is 2.25. The quantitative estimate of drug-likeness (QED) is 0.366. The van der Waals surface area contributed by atoms with Gasteiger partial charge in [0.15, 0.2) is 11.0 Å². The third-order valence-electron chi connectivity index (χ3n) is 5.81. The molecule has 7 heteroatoms. The number of carbonyl (C=O) groups is 1. The summed E-state index contributed by atoms with van der Waals surface area (Å²) in [6.07, 6.45) is 1.62. The fourth-order valence-electron chi connectivity index (χ4n) is 4.13. The van der Waals surface area contributed by atoms with Crippen molar-refractivity contribution in [3.63, 3.8) is 0 Å². The topological polar surface area (TPSA) is 51.0 Å². The van der Waals surface area contributed by atoms with Crippen molar-refractivity contribution >= 4 is 23.4 Å². The van der Waals surface area contributed by atoms with Crippen molar-refractivity contribution < 1.29 is 9.18 Å². The van der Waals surface area contributed by atoms with E-state index in [1.807, 2.05) is 45.9 Å². The van der Waals surface area contributed by atoms with Crippen LogP contribution in [0, 0.1) is 5.82 Å². The second-order valence-corrected chi connectivity index (χ2v) is 8.83. The van der Waals surface area contributed by atoms with Crippen molar-refractivity contribution in [1.29, 1.82) is 0 Å². The first-order chi connectivity index (χ1) is 16.2. The number of amides is 1. The van der Waals surface area contributed by atoms with Crippen molar-refractivity contribution in [2.45, 2.75) is 24.5 Å². The SMILES string of the molecule is O=C(CSc1nnc(-c2ccccc2F)n1CCc1ccccc1)N1CCc2ccccc21. The smallest absolute Gasteiger partial charge is 0.237 e. The number of aromatic nitrogens is 3. The van der Waals surface area contributed by atoms with Crippen LogP contribution < -0.4 is 4.90 Å². The van der Waals surface area contributed by atoms with Crippen LogP contribution in [-0.2, 0) is 24.2 Å². The number of hydrogen-bond donors (Lipinski definition) is 0. The summed E-state index contributed by atoms with van der Waals surface area (Å²) in [6.45, 7) is 1.28. The highest BCUT2D eigenvalue weighted by molar-refractivity contribution is 7.99. The van der Waals surface area contributed by atoms with Gasteiger partial charge in [-0.15, -0.1) is 10.2 Å². The lowest BCUT2D eigenvalue weighted by molar-refractivity contribution is -0.116. The molecule has 0 radical (unpaired) electrons. The molecule has 0 aliphatic carbocycles. The van der Waals surface area contributed by atoms with Crippen molar-refractivity contribution in [3.05, 3.63) is 95.8 Å². The lowest BCUT2D eigenvalue weighted by Gasteiger charge is -2.17. The number of anilines is 1. The van der Waals surface area contributed by atoms with Crippen LogP contribution in [0.15, 0.2) is 84.0 Å². The Hall–Kier alpha value is -3.45. The van der Waals surface area contributed by atoms with E-state index < -0.39 is 0 Å². The van der Waals surface area contributed by atoms with Gasteiger partial charge in [-0.3, -0.25) is 4.79 Å². The molecule has 0 saturated carbocycles. The van der Waals surface area contributed by atoms with Crippen LogP contribution in [0.3, 0.4) is 0 Å². The second-order valence-electron chi connectivity index (χ2n) is 7.89. The molecule has 1 aliphatic rings. The molecule has 1 aliphatic heterocycles. The number of halogens is 1. The summed E-state index contributed by atoms with van der Waals surface area (Å²) in [5, 5.41) is 9.24. The molecule has 1 aromatic heterocycles. The van der Waals surface area contributed by atoms with Gasteiger partial charge in [0.2, 0.25) is 5.91 Å². The molecule has 0 unspecified atom stereocenters. The normalized spacial score (nSPS) is 12.7. The molecule has 0 spiro atoms. The Morgan fingerprint density at radius 1 is 0.939 bits per heavy atom. The van der Waals surface area contributed by atoms with Crippen LogP contribution in [0.1, 0.15) is 11.1 Å². The summed E-state index contributed by atoms with van der Waals surface area (Å²) < 4.78 is 16.5. The Morgan fingerprint density at radius 2 is 1.70 bits per heavy atom. The van der Waals surface area contributed by atoms with Crippen molar-refractivity contribution in [2.75, 3.05) is 17.2 Å². The first-order valence-corrected chi connectivity index (χ1v) is 11.9. The van der Waals surface area contributed by atoms with E-state index in [1.165, 1.54) is 29.0 Å². The zero-order chi connectivity index (χ0) is 22.6. The van der Waals surface area contributed by atoms with Crippen LogP contribution in [-0.4, -0.2) is 33.0 Å². The number of thioether (sulfide) groups is 1. The van der Waals surface area contributed by atoms with E-state index in [9.17, 15) is 9.18 Å². The first-order valence-electron chi connectivity index (χ1n) is 10.9. The van der Waals surface area contributed by atoms with Gasteiger partial charge in [0.1, 0.15) is 5.82 Å². The third-order valence-corrected chi connectivity index (χ3v) is 6.76. The molecule has 5 rings (SSSR count). The van der Waals surface area contributed by atoms with Gasteiger partial charge in [-0.25, -0.2) is 4.39 Å². The Morgan fingerprint density at radius 3 is 2.55 bits per heavy atom. The van der Waals surface area contributed by atoms with E-state index in [1.54, 1.807) is 18.2 Å². The molecule has 0 atom stereocenters. The summed E-state index contributed by atoms with van der Waals surface area (Å²) in [5.74, 6) is 0.419. The highest BCUT2D eigenvalue weighted by atomic mass is 32.2. The number of rotatable bonds is 7. The number of fused-ring (bicyclic) bond motifs is 1. The monoisotopic (exact) mass is 458 g/mol. The molecular formula is C26H23FN4OS. The summed E-state index contributed by atoms with van der Waals surface area (Å²) in [5.41, 5.74) is 3.76. The van der Waals surface area contributed by atoms with E-state index in [2.05, 4.69) is 28.4 Å². The maximum atomic E-state index is 14.5. The minimum absolute atomic E-state index is 0.0370. The van der Waals surface area contributed by atoms with E-state index >= 15 is 0 Å². The third kappa shape index (κ3) is 4.54. The van der Waals surface area contributed by atoms with Crippen LogP contribution in [0.2, 0.25) is 0 Å². The van der Waals surface area contributed by atoms with E-state index in [0.717, 1.165) is 18.5 Å².